The quantitative estimate of drug-likeness (QED) is 0.876. The van der Waals surface area contributed by atoms with Gasteiger partial charge in [0.2, 0.25) is 0 Å². The van der Waals surface area contributed by atoms with E-state index in [1.807, 2.05) is 19.2 Å². The lowest BCUT2D eigenvalue weighted by Gasteiger charge is -2.05. The van der Waals surface area contributed by atoms with Crippen molar-refractivity contribution in [2.45, 2.75) is 25.2 Å². The first-order chi connectivity index (χ1) is 8.88. The number of likely N-dealkylation sites (N-methyl/N-ethyl adjacent to an activating group) is 1. The van der Waals surface area contributed by atoms with E-state index in [2.05, 4.69) is 27.6 Å². The number of nitrogens with one attached hydrogen (secondary N) is 1. The molecule has 1 N–H and O–H groups in total. The number of hydrogen-bond donors (Lipinski definition) is 1. The second-order valence-corrected chi connectivity index (χ2v) is 4.74. The largest absolute Gasteiger partial charge is 0.334 e. The molecule has 3 rings (SSSR count). The van der Waals surface area contributed by atoms with Gasteiger partial charge in [0.1, 0.15) is 0 Å². The van der Waals surface area contributed by atoms with E-state index in [-0.39, 0.29) is 0 Å². The van der Waals surface area contributed by atoms with Crippen LogP contribution in [0, 0.1) is 0 Å². The van der Waals surface area contributed by atoms with E-state index in [0.29, 0.717) is 11.8 Å². The Morgan fingerprint density at radius 3 is 2.94 bits per heavy atom. The average Bonchev–Trinajstić information content (AvgIpc) is 3.15. The average molecular weight is 243 g/mol. The maximum absolute atomic E-state index is 5.39. The van der Waals surface area contributed by atoms with Crippen molar-refractivity contribution in [3.8, 4) is 11.5 Å². The predicted molar refractivity (Wildman–Crippen MR) is 69.3 cm³/mol. The lowest BCUT2D eigenvalue weighted by molar-refractivity contribution is 0.422. The van der Waals surface area contributed by atoms with Crippen LogP contribution in [0.2, 0.25) is 0 Å². The van der Waals surface area contributed by atoms with E-state index < -0.39 is 0 Å². The van der Waals surface area contributed by atoms with Crippen molar-refractivity contribution in [1.29, 1.82) is 0 Å². The smallest absolute Gasteiger partial charge is 0.258 e. The van der Waals surface area contributed by atoms with Gasteiger partial charge >= 0.3 is 0 Å². The van der Waals surface area contributed by atoms with Gasteiger partial charge in [0, 0.05) is 11.5 Å². The highest BCUT2D eigenvalue weighted by molar-refractivity contribution is 5.58. The van der Waals surface area contributed by atoms with Crippen molar-refractivity contribution in [1.82, 2.24) is 15.5 Å². The van der Waals surface area contributed by atoms with Crippen LogP contribution in [-0.2, 0) is 6.42 Å². The summed E-state index contributed by atoms with van der Waals surface area (Å²) in [4.78, 5) is 4.51. The van der Waals surface area contributed by atoms with Crippen LogP contribution in [0.15, 0.2) is 28.8 Å². The van der Waals surface area contributed by atoms with Crippen molar-refractivity contribution in [3.63, 3.8) is 0 Å². The van der Waals surface area contributed by atoms with Crippen LogP contribution in [0.3, 0.4) is 0 Å². The van der Waals surface area contributed by atoms with Gasteiger partial charge in [-0.3, -0.25) is 0 Å². The summed E-state index contributed by atoms with van der Waals surface area (Å²) in [6.45, 7) is 0.945. The fraction of sp³-hybridized carbons (Fsp3) is 0.429. The van der Waals surface area contributed by atoms with Crippen LogP contribution in [0.4, 0.5) is 0 Å². The van der Waals surface area contributed by atoms with Gasteiger partial charge in [-0.15, -0.1) is 0 Å². The minimum Gasteiger partial charge on any atom is -0.334 e. The maximum Gasteiger partial charge on any atom is 0.258 e. The molecular weight excluding hydrogens is 226 g/mol. The molecule has 0 radical (unpaired) electrons. The van der Waals surface area contributed by atoms with Gasteiger partial charge in [-0.25, -0.2) is 0 Å². The Morgan fingerprint density at radius 1 is 1.33 bits per heavy atom. The molecule has 0 bridgehead atoms. The summed E-state index contributed by atoms with van der Waals surface area (Å²) in [5, 5.41) is 7.24. The van der Waals surface area contributed by atoms with Gasteiger partial charge < -0.3 is 9.84 Å². The second kappa shape index (κ2) is 4.90. The van der Waals surface area contributed by atoms with Crippen LogP contribution >= 0.6 is 0 Å². The molecule has 4 heteroatoms. The molecule has 1 aliphatic carbocycles. The Labute approximate surface area is 106 Å². The number of hydrogen-bond acceptors (Lipinski definition) is 4. The molecule has 0 amide bonds. The summed E-state index contributed by atoms with van der Waals surface area (Å²) in [5.41, 5.74) is 2.31. The van der Waals surface area contributed by atoms with E-state index in [4.69, 9.17) is 4.52 Å². The third-order valence-corrected chi connectivity index (χ3v) is 3.28. The summed E-state index contributed by atoms with van der Waals surface area (Å²) >= 11 is 0. The normalized spacial score (nSPS) is 14.9. The molecule has 0 unspecified atom stereocenters. The highest BCUT2D eigenvalue weighted by Crippen LogP contribution is 2.39. The lowest BCUT2D eigenvalue weighted by atomic mass is 10.0. The first kappa shape index (κ1) is 11.4. The molecule has 1 aromatic heterocycles. The van der Waals surface area contributed by atoms with Crippen molar-refractivity contribution in [3.05, 3.63) is 35.7 Å². The van der Waals surface area contributed by atoms with Crippen molar-refractivity contribution < 1.29 is 4.52 Å². The number of rotatable bonds is 5. The van der Waals surface area contributed by atoms with Gasteiger partial charge in [0.25, 0.3) is 5.89 Å². The molecule has 18 heavy (non-hydrogen) atoms. The third-order valence-electron chi connectivity index (χ3n) is 3.28. The summed E-state index contributed by atoms with van der Waals surface area (Å²) in [6.07, 6.45) is 3.36. The van der Waals surface area contributed by atoms with Crippen molar-refractivity contribution in [2.75, 3.05) is 13.6 Å². The fourth-order valence-electron chi connectivity index (χ4n) is 2.06. The summed E-state index contributed by atoms with van der Waals surface area (Å²) in [5.74, 6) is 2.06. The van der Waals surface area contributed by atoms with E-state index in [1.54, 1.807) is 0 Å². The van der Waals surface area contributed by atoms with Crippen molar-refractivity contribution >= 4 is 0 Å². The van der Waals surface area contributed by atoms with Gasteiger partial charge in [0.15, 0.2) is 5.82 Å². The van der Waals surface area contributed by atoms with Gasteiger partial charge in [0.05, 0.1) is 0 Å². The molecule has 2 aromatic rings. The molecule has 0 atom stereocenters. The van der Waals surface area contributed by atoms with Crippen LogP contribution in [0.5, 0.6) is 0 Å². The topological polar surface area (TPSA) is 51.0 Å². The summed E-state index contributed by atoms with van der Waals surface area (Å²) in [6, 6.07) is 8.23. The highest BCUT2D eigenvalue weighted by Gasteiger charge is 2.29. The minimum absolute atomic E-state index is 0.534. The lowest BCUT2D eigenvalue weighted by Crippen LogP contribution is -2.10. The van der Waals surface area contributed by atoms with Crippen LogP contribution < -0.4 is 5.32 Å². The molecule has 1 fully saturated rings. The number of aromatic nitrogens is 2. The number of benzene rings is 1. The zero-order valence-corrected chi connectivity index (χ0v) is 10.5. The highest BCUT2D eigenvalue weighted by atomic mass is 16.5. The SMILES string of the molecule is CNCCc1ccccc1-c1nc(C2CC2)no1. The second-order valence-electron chi connectivity index (χ2n) is 4.74. The first-order valence-electron chi connectivity index (χ1n) is 6.45. The Balaban J connectivity index is 1.88. The maximum atomic E-state index is 5.39. The summed E-state index contributed by atoms with van der Waals surface area (Å²) in [7, 11) is 1.96. The Hall–Kier alpha value is -1.68. The van der Waals surface area contributed by atoms with Gasteiger partial charge in [-0.05, 0) is 44.5 Å². The molecule has 1 heterocycles. The predicted octanol–water partition coefficient (Wildman–Crippen LogP) is 2.38. The Kier molecular flexibility index (Phi) is 3.11. The van der Waals surface area contributed by atoms with Crippen LogP contribution in [0.1, 0.15) is 30.1 Å². The fourth-order valence-corrected chi connectivity index (χ4v) is 2.06. The number of nitrogens with zero attached hydrogens (tertiary/aromatic N) is 2. The molecule has 0 aliphatic heterocycles. The van der Waals surface area contributed by atoms with E-state index in [1.165, 1.54) is 18.4 Å². The van der Waals surface area contributed by atoms with Crippen molar-refractivity contribution in [2.24, 2.45) is 0 Å². The van der Waals surface area contributed by atoms with E-state index >= 15 is 0 Å². The van der Waals surface area contributed by atoms with E-state index in [0.717, 1.165) is 24.4 Å². The zero-order valence-electron chi connectivity index (χ0n) is 10.5. The van der Waals surface area contributed by atoms with Crippen LogP contribution in [0.25, 0.3) is 11.5 Å². The monoisotopic (exact) mass is 243 g/mol. The first-order valence-corrected chi connectivity index (χ1v) is 6.45. The molecule has 1 saturated carbocycles. The third kappa shape index (κ3) is 2.29. The molecular formula is C14H17N3O. The van der Waals surface area contributed by atoms with Gasteiger partial charge in [-0.2, -0.15) is 4.98 Å². The molecule has 94 valence electrons. The molecule has 0 spiro atoms. The molecule has 0 saturated heterocycles. The van der Waals surface area contributed by atoms with Crippen LogP contribution in [-0.4, -0.2) is 23.7 Å². The Bertz CT molecular complexity index is 531. The standard InChI is InChI=1S/C14H17N3O/c1-15-9-8-10-4-2-3-5-12(10)14-16-13(17-18-14)11-6-7-11/h2-5,11,15H,6-9H2,1H3. The summed E-state index contributed by atoms with van der Waals surface area (Å²) < 4.78 is 5.39. The van der Waals surface area contributed by atoms with E-state index in [9.17, 15) is 0 Å². The minimum atomic E-state index is 0.534. The van der Waals surface area contributed by atoms with Gasteiger partial charge in [-0.1, -0.05) is 23.4 Å². The molecule has 4 nitrogen and oxygen atoms in total. The zero-order chi connectivity index (χ0) is 12.4. The Morgan fingerprint density at radius 2 is 2.17 bits per heavy atom. The molecule has 1 aliphatic rings. The molecule has 1 aromatic carbocycles.